The van der Waals surface area contributed by atoms with Gasteiger partial charge in [0.05, 0.1) is 11.5 Å². The Morgan fingerprint density at radius 3 is 2.17 bits per heavy atom. The molecule has 0 fully saturated rings. The van der Waals surface area contributed by atoms with Gasteiger partial charge in [0, 0.05) is 18.7 Å². The van der Waals surface area contributed by atoms with Crippen LogP contribution in [0.5, 0.6) is 5.75 Å². The lowest BCUT2D eigenvalue weighted by Crippen LogP contribution is -2.49. The topological polar surface area (TPSA) is 90.6 Å². The fraction of sp³-hybridized carbons (Fsp3) is 0.625. The minimum atomic E-state index is -3.57. The summed E-state index contributed by atoms with van der Waals surface area (Å²) in [5.41, 5.74) is 5.61. The molecule has 0 aliphatic carbocycles. The van der Waals surface area contributed by atoms with E-state index in [4.69, 9.17) is 15.2 Å². The molecule has 8 heteroatoms. The average molecular weight is 381 g/mol. The molecule has 0 spiro atoms. The Balaban J connectivity index is 0.00000529. The minimum Gasteiger partial charge on any atom is -0.491 e. The number of rotatable bonds is 11. The Bertz CT molecular complexity index is 560. The number of nitrogens with two attached hydrogens (primary N) is 1. The second-order valence-corrected chi connectivity index (χ2v) is 7.18. The summed E-state index contributed by atoms with van der Waals surface area (Å²) in [5.74, 6) is 0.610. The van der Waals surface area contributed by atoms with Gasteiger partial charge in [0.25, 0.3) is 0 Å². The first kappa shape index (κ1) is 23.1. The molecule has 1 rings (SSSR count). The molecular weight excluding hydrogens is 352 g/mol. The van der Waals surface area contributed by atoms with Crippen molar-refractivity contribution >= 4 is 22.4 Å². The molecule has 140 valence electrons. The summed E-state index contributed by atoms with van der Waals surface area (Å²) in [6.45, 7) is 7.61. The molecule has 0 saturated heterocycles. The molecule has 0 unspecified atom stereocenters. The molecular formula is C16H29ClN2O4S. The number of hydrogen-bond donors (Lipinski definition) is 2. The van der Waals surface area contributed by atoms with Crippen molar-refractivity contribution in [3.63, 3.8) is 0 Å². The lowest BCUT2D eigenvalue weighted by Gasteiger charge is -2.26. The van der Waals surface area contributed by atoms with Crippen LogP contribution in [-0.4, -0.2) is 40.3 Å². The summed E-state index contributed by atoms with van der Waals surface area (Å²) in [4.78, 5) is 0.198. The summed E-state index contributed by atoms with van der Waals surface area (Å²) < 4.78 is 37.8. The summed E-state index contributed by atoms with van der Waals surface area (Å²) in [7, 11) is -3.57. The maximum absolute atomic E-state index is 12.3. The smallest absolute Gasteiger partial charge is 0.240 e. The highest BCUT2D eigenvalue weighted by Gasteiger charge is 2.24. The Morgan fingerprint density at radius 1 is 1.08 bits per heavy atom. The van der Waals surface area contributed by atoms with E-state index in [1.807, 2.05) is 20.8 Å². The van der Waals surface area contributed by atoms with Gasteiger partial charge >= 0.3 is 0 Å². The van der Waals surface area contributed by atoms with Crippen molar-refractivity contribution in [2.24, 2.45) is 5.73 Å². The third kappa shape index (κ3) is 7.36. The molecule has 0 saturated carbocycles. The molecule has 24 heavy (non-hydrogen) atoms. The van der Waals surface area contributed by atoms with E-state index in [2.05, 4.69) is 4.72 Å². The number of hydrogen-bond acceptors (Lipinski definition) is 5. The lowest BCUT2D eigenvalue weighted by atomic mass is 9.95. The quantitative estimate of drug-likeness (QED) is 0.575. The van der Waals surface area contributed by atoms with Crippen LogP contribution in [0.1, 0.15) is 33.6 Å². The van der Waals surface area contributed by atoms with E-state index in [1.54, 1.807) is 12.1 Å². The summed E-state index contributed by atoms with van der Waals surface area (Å²) in [6.07, 6.45) is 1.41. The zero-order chi connectivity index (χ0) is 17.3. The van der Waals surface area contributed by atoms with Crippen LogP contribution in [0.2, 0.25) is 0 Å². The van der Waals surface area contributed by atoms with Gasteiger partial charge in [-0.15, -0.1) is 12.4 Å². The fourth-order valence-electron chi connectivity index (χ4n) is 1.90. The maximum Gasteiger partial charge on any atom is 0.240 e. The molecule has 0 bridgehead atoms. The molecule has 0 heterocycles. The van der Waals surface area contributed by atoms with Crippen molar-refractivity contribution in [1.29, 1.82) is 0 Å². The summed E-state index contributed by atoms with van der Waals surface area (Å²) in [6, 6.07) is 6.31. The van der Waals surface area contributed by atoms with Crippen LogP contribution in [-0.2, 0) is 14.8 Å². The molecule has 0 aliphatic heterocycles. The van der Waals surface area contributed by atoms with E-state index < -0.39 is 15.6 Å². The van der Waals surface area contributed by atoms with Gasteiger partial charge in [-0.1, -0.05) is 13.8 Å². The number of ether oxygens (including phenoxy) is 2. The van der Waals surface area contributed by atoms with Crippen molar-refractivity contribution in [1.82, 2.24) is 4.72 Å². The fourth-order valence-corrected chi connectivity index (χ4v) is 3.04. The Hall–Kier alpha value is -0.860. The normalized spacial score (nSPS) is 11.8. The first-order chi connectivity index (χ1) is 10.9. The van der Waals surface area contributed by atoms with E-state index in [9.17, 15) is 8.42 Å². The second kappa shape index (κ2) is 10.9. The third-order valence-corrected chi connectivity index (χ3v) is 5.27. The minimum absolute atomic E-state index is 0. The van der Waals surface area contributed by atoms with Gasteiger partial charge in [-0.25, -0.2) is 13.1 Å². The first-order valence-corrected chi connectivity index (χ1v) is 9.44. The Kier molecular flexibility index (Phi) is 10.5. The van der Waals surface area contributed by atoms with Gasteiger partial charge in [0.2, 0.25) is 10.0 Å². The van der Waals surface area contributed by atoms with Crippen LogP contribution < -0.4 is 15.2 Å². The number of benzene rings is 1. The van der Waals surface area contributed by atoms with E-state index in [0.29, 0.717) is 38.4 Å². The third-order valence-electron chi connectivity index (χ3n) is 3.86. The molecule has 6 nitrogen and oxygen atoms in total. The SMILES string of the molecule is CCOCCOc1ccc(S(=O)(=O)NCC(N)(CC)CC)cc1.Cl. The molecule has 1 aromatic carbocycles. The zero-order valence-corrected chi connectivity index (χ0v) is 16.2. The molecule has 0 atom stereocenters. The van der Waals surface area contributed by atoms with E-state index in [0.717, 1.165) is 0 Å². The molecule has 3 N–H and O–H groups in total. The van der Waals surface area contributed by atoms with Gasteiger partial charge < -0.3 is 15.2 Å². The molecule has 0 aromatic heterocycles. The van der Waals surface area contributed by atoms with Crippen LogP contribution in [0.3, 0.4) is 0 Å². The van der Waals surface area contributed by atoms with Crippen molar-refractivity contribution in [3.8, 4) is 5.75 Å². The van der Waals surface area contributed by atoms with E-state index in [-0.39, 0.29) is 23.8 Å². The van der Waals surface area contributed by atoms with E-state index >= 15 is 0 Å². The maximum atomic E-state index is 12.3. The summed E-state index contributed by atoms with van der Waals surface area (Å²) in [5, 5.41) is 0. The van der Waals surface area contributed by atoms with Gasteiger partial charge in [0.1, 0.15) is 12.4 Å². The Morgan fingerprint density at radius 2 is 1.67 bits per heavy atom. The highest BCUT2D eigenvalue weighted by atomic mass is 35.5. The van der Waals surface area contributed by atoms with Crippen molar-refractivity contribution < 1.29 is 17.9 Å². The van der Waals surface area contributed by atoms with Crippen molar-refractivity contribution in [3.05, 3.63) is 24.3 Å². The largest absolute Gasteiger partial charge is 0.491 e. The summed E-state index contributed by atoms with van der Waals surface area (Å²) >= 11 is 0. The molecule has 0 radical (unpaired) electrons. The monoisotopic (exact) mass is 380 g/mol. The van der Waals surface area contributed by atoms with Crippen LogP contribution in [0, 0.1) is 0 Å². The van der Waals surface area contributed by atoms with Crippen LogP contribution in [0.15, 0.2) is 29.2 Å². The van der Waals surface area contributed by atoms with Crippen LogP contribution in [0.4, 0.5) is 0 Å². The first-order valence-electron chi connectivity index (χ1n) is 7.96. The average Bonchev–Trinajstić information content (AvgIpc) is 2.57. The van der Waals surface area contributed by atoms with Crippen LogP contribution in [0.25, 0.3) is 0 Å². The number of nitrogens with one attached hydrogen (secondary N) is 1. The van der Waals surface area contributed by atoms with Gasteiger partial charge in [0.15, 0.2) is 0 Å². The van der Waals surface area contributed by atoms with Gasteiger partial charge in [-0.2, -0.15) is 0 Å². The predicted molar refractivity (Wildman–Crippen MR) is 98.4 cm³/mol. The van der Waals surface area contributed by atoms with Gasteiger partial charge in [-0.05, 0) is 44.0 Å². The van der Waals surface area contributed by atoms with Crippen molar-refractivity contribution in [2.75, 3.05) is 26.4 Å². The highest BCUT2D eigenvalue weighted by molar-refractivity contribution is 7.89. The van der Waals surface area contributed by atoms with Gasteiger partial charge in [-0.3, -0.25) is 0 Å². The molecule has 1 aromatic rings. The van der Waals surface area contributed by atoms with Crippen molar-refractivity contribution in [2.45, 2.75) is 44.0 Å². The zero-order valence-electron chi connectivity index (χ0n) is 14.6. The molecule has 0 aliphatic rings. The molecule has 0 amide bonds. The Labute approximate surface area is 151 Å². The number of halogens is 1. The van der Waals surface area contributed by atoms with Crippen LogP contribution >= 0.6 is 12.4 Å². The second-order valence-electron chi connectivity index (χ2n) is 5.41. The predicted octanol–water partition coefficient (Wildman–Crippen LogP) is 2.32. The number of sulfonamides is 1. The highest BCUT2D eigenvalue weighted by Crippen LogP contribution is 2.17. The van der Waals surface area contributed by atoms with E-state index in [1.165, 1.54) is 12.1 Å². The lowest BCUT2D eigenvalue weighted by molar-refractivity contribution is 0.110. The standard InChI is InChI=1S/C16H28N2O4S.ClH/c1-4-16(17,5-2)13-18-23(19,20)15-9-7-14(8-10-15)22-12-11-21-6-3;/h7-10,18H,4-6,11-13,17H2,1-3H3;1H.